The summed E-state index contributed by atoms with van der Waals surface area (Å²) in [6.45, 7) is 1.36. The highest BCUT2D eigenvalue weighted by Crippen LogP contribution is 2.26. The lowest BCUT2D eigenvalue weighted by Gasteiger charge is -2.33. The number of para-hydroxylation sites is 1. The zero-order chi connectivity index (χ0) is 25.5. The Morgan fingerprint density at radius 2 is 1.86 bits per heavy atom. The van der Waals surface area contributed by atoms with E-state index in [0.29, 0.717) is 19.3 Å². The average Bonchev–Trinajstić information content (AvgIpc) is 3.28. The number of carbonyl (C=O) groups is 2. The molecule has 0 bridgehead atoms. The van der Waals surface area contributed by atoms with Crippen LogP contribution in [-0.2, 0) is 22.4 Å². The molecule has 1 aliphatic rings. The van der Waals surface area contributed by atoms with E-state index in [1.807, 2.05) is 60.8 Å². The van der Waals surface area contributed by atoms with E-state index in [9.17, 15) is 19.1 Å². The van der Waals surface area contributed by atoms with Crippen LogP contribution in [0.15, 0.2) is 60.8 Å². The van der Waals surface area contributed by atoms with E-state index in [4.69, 9.17) is 4.74 Å². The van der Waals surface area contributed by atoms with Gasteiger partial charge in [-0.1, -0.05) is 55.0 Å². The summed E-state index contributed by atoms with van der Waals surface area (Å²) in [5.74, 6) is -0.458. The summed E-state index contributed by atoms with van der Waals surface area (Å²) in [7, 11) is 0. The standard InChI is InChI=1S/C28H34FN3O4/c1-28(16-20-17-30-24-13-7-5-11-22(20)24,32-27(35)36-25-14-8-6-12-23(25)29)26(34)31-21(18-33)15-19-9-3-2-4-10-19/h2-5,7,9-11,13,17,21,23,25,30,33H,6,8,12,14-16,18H2,1H3,(H,31,34)(H,32,35)/t21-,23-,25-,28+/m0/s1. The smallest absolute Gasteiger partial charge is 0.408 e. The summed E-state index contributed by atoms with van der Waals surface area (Å²) < 4.78 is 19.7. The third-order valence-electron chi connectivity index (χ3n) is 6.86. The number of hydrogen-bond acceptors (Lipinski definition) is 4. The summed E-state index contributed by atoms with van der Waals surface area (Å²) in [5.41, 5.74) is 1.31. The summed E-state index contributed by atoms with van der Waals surface area (Å²) in [6, 6.07) is 16.7. The number of H-pyrrole nitrogens is 1. The summed E-state index contributed by atoms with van der Waals surface area (Å²) >= 11 is 0. The molecule has 0 saturated heterocycles. The second kappa shape index (κ2) is 11.6. The third kappa shape index (κ3) is 6.23. The molecular formula is C28H34FN3O4. The molecular weight excluding hydrogens is 461 g/mol. The maximum Gasteiger partial charge on any atom is 0.408 e. The van der Waals surface area contributed by atoms with Gasteiger partial charge in [0.2, 0.25) is 5.91 Å². The Kier molecular flexibility index (Phi) is 8.25. The van der Waals surface area contributed by atoms with Crippen molar-refractivity contribution in [2.75, 3.05) is 6.61 Å². The topological polar surface area (TPSA) is 103 Å². The van der Waals surface area contributed by atoms with Crippen LogP contribution in [0, 0.1) is 0 Å². The zero-order valence-corrected chi connectivity index (χ0v) is 20.5. The molecule has 1 heterocycles. The van der Waals surface area contributed by atoms with Crippen molar-refractivity contribution in [3.8, 4) is 0 Å². The van der Waals surface area contributed by atoms with E-state index in [0.717, 1.165) is 34.9 Å². The van der Waals surface area contributed by atoms with Crippen LogP contribution in [0.3, 0.4) is 0 Å². The normalized spacial score (nSPS) is 20.3. The molecule has 1 saturated carbocycles. The van der Waals surface area contributed by atoms with E-state index in [2.05, 4.69) is 15.6 Å². The highest BCUT2D eigenvalue weighted by Gasteiger charge is 2.39. The highest BCUT2D eigenvalue weighted by molar-refractivity contribution is 5.91. The molecule has 3 aromatic rings. The van der Waals surface area contributed by atoms with E-state index >= 15 is 0 Å². The molecule has 192 valence electrons. The van der Waals surface area contributed by atoms with Crippen LogP contribution in [0.2, 0.25) is 0 Å². The maximum absolute atomic E-state index is 14.3. The fourth-order valence-corrected chi connectivity index (χ4v) is 4.82. The van der Waals surface area contributed by atoms with Gasteiger partial charge in [-0.05, 0) is 49.8 Å². The number of ether oxygens (including phenoxy) is 1. The van der Waals surface area contributed by atoms with Crippen molar-refractivity contribution < 1.29 is 23.8 Å². The number of alkyl halides is 1. The quantitative estimate of drug-likeness (QED) is 0.357. The first-order valence-electron chi connectivity index (χ1n) is 12.5. The first-order valence-corrected chi connectivity index (χ1v) is 12.5. The number of benzene rings is 2. The van der Waals surface area contributed by atoms with Crippen molar-refractivity contribution in [3.63, 3.8) is 0 Å². The zero-order valence-electron chi connectivity index (χ0n) is 20.5. The van der Waals surface area contributed by atoms with Crippen molar-refractivity contribution in [2.24, 2.45) is 0 Å². The molecule has 36 heavy (non-hydrogen) atoms. The first-order chi connectivity index (χ1) is 17.4. The molecule has 1 aliphatic carbocycles. The number of amides is 2. The number of halogens is 1. The van der Waals surface area contributed by atoms with Crippen LogP contribution in [0.5, 0.6) is 0 Å². The minimum atomic E-state index is -1.41. The van der Waals surface area contributed by atoms with E-state index < -0.39 is 35.9 Å². The first kappa shape index (κ1) is 25.7. The van der Waals surface area contributed by atoms with Crippen molar-refractivity contribution in [3.05, 3.63) is 71.9 Å². The van der Waals surface area contributed by atoms with Crippen LogP contribution in [-0.4, -0.2) is 52.6 Å². The van der Waals surface area contributed by atoms with Crippen LogP contribution in [0.25, 0.3) is 10.9 Å². The van der Waals surface area contributed by atoms with Gasteiger partial charge in [0.25, 0.3) is 0 Å². The van der Waals surface area contributed by atoms with Gasteiger partial charge >= 0.3 is 6.09 Å². The number of rotatable bonds is 9. The lowest BCUT2D eigenvalue weighted by atomic mass is 9.91. The Labute approximate surface area is 210 Å². The molecule has 4 rings (SSSR count). The lowest BCUT2D eigenvalue weighted by Crippen LogP contribution is -2.61. The fraction of sp³-hybridized carbons (Fsp3) is 0.429. The number of aliphatic hydroxyl groups is 1. The predicted molar refractivity (Wildman–Crippen MR) is 136 cm³/mol. The third-order valence-corrected chi connectivity index (χ3v) is 6.86. The average molecular weight is 496 g/mol. The van der Waals surface area contributed by atoms with Gasteiger partial charge in [0.05, 0.1) is 12.6 Å². The molecule has 1 aromatic heterocycles. The van der Waals surface area contributed by atoms with Crippen LogP contribution in [0.1, 0.15) is 43.7 Å². The van der Waals surface area contributed by atoms with Gasteiger partial charge in [0, 0.05) is 23.5 Å². The second-order valence-electron chi connectivity index (χ2n) is 9.78. The Morgan fingerprint density at radius 1 is 1.14 bits per heavy atom. The van der Waals surface area contributed by atoms with Crippen molar-refractivity contribution in [2.45, 2.75) is 69.3 Å². The number of hydrogen-bond donors (Lipinski definition) is 4. The van der Waals surface area contributed by atoms with Crippen molar-refractivity contribution in [1.29, 1.82) is 0 Å². The Balaban J connectivity index is 1.54. The minimum absolute atomic E-state index is 0.172. The molecule has 0 unspecified atom stereocenters. The number of aromatic nitrogens is 1. The molecule has 0 spiro atoms. The predicted octanol–water partition coefficient (Wildman–Crippen LogP) is 4.20. The molecule has 4 atom stereocenters. The SMILES string of the molecule is C[C@](Cc1c[nH]c2ccccc12)(NC(=O)O[C@H]1CCCC[C@@H]1F)C(=O)N[C@H](CO)Cc1ccccc1. The molecule has 0 aliphatic heterocycles. The summed E-state index contributed by atoms with van der Waals surface area (Å²) in [5, 5.41) is 16.5. The number of nitrogens with one attached hydrogen (secondary N) is 3. The molecule has 2 aromatic carbocycles. The van der Waals surface area contributed by atoms with Gasteiger partial charge in [-0.3, -0.25) is 4.79 Å². The fourth-order valence-electron chi connectivity index (χ4n) is 4.82. The van der Waals surface area contributed by atoms with Gasteiger partial charge in [-0.15, -0.1) is 0 Å². The van der Waals surface area contributed by atoms with Crippen LogP contribution < -0.4 is 10.6 Å². The number of aromatic amines is 1. The number of aliphatic hydroxyl groups excluding tert-OH is 1. The molecule has 1 fully saturated rings. The molecule has 7 nitrogen and oxygen atoms in total. The minimum Gasteiger partial charge on any atom is -0.443 e. The number of carbonyl (C=O) groups excluding carboxylic acids is 2. The Morgan fingerprint density at radius 3 is 2.61 bits per heavy atom. The Bertz CT molecular complexity index is 1170. The monoisotopic (exact) mass is 495 g/mol. The summed E-state index contributed by atoms with van der Waals surface area (Å²) in [4.78, 5) is 29.7. The molecule has 4 N–H and O–H groups in total. The molecule has 2 amide bonds. The molecule has 8 heteroatoms. The number of fused-ring (bicyclic) bond motifs is 1. The van der Waals surface area contributed by atoms with Crippen LogP contribution >= 0.6 is 0 Å². The van der Waals surface area contributed by atoms with Gasteiger partial charge in [-0.25, -0.2) is 9.18 Å². The Hall–Kier alpha value is -3.39. The van der Waals surface area contributed by atoms with Crippen molar-refractivity contribution in [1.82, 2.24) is 15.6 Å². The molecule has 0 radical (unpaired) electrons. The summed E-state index contributed by atoms with van der Waals surface area (Å²) in [6.07, 6.45) is 1.96. The largest absolute Gasteiger partial charge is 0.443 e. The second-order valence-corrected chi connectivity index (χ2v) is 9.78. The van der Waals surface area contributed by atoms with Gasteiger partial charge in [0.15, 0.2) is 0 Å². The lowest BCUT2D eigenvalue weighted by molar-refractivity contribution is -0.128. The van der Waals surface area contributed by atoms with E-state index in [1.165, 1.54) is 0 Å². The maximum atomic E-state index is 14.3. The van der Waals surface area contributed by atoms with Gasteiger partial charge in [0.1, 0.15) is 17.8 Å². The van der Waals surface area contributed by atoms with Gasteiger partial charge in [-0.2, -0.15) is 0 Å². The van der Waals surface area contributed by atoms with E-state index in [-0.39, 0.29) is 13.0 Å². The number of alkyl carbamates (subject to hydrolysis) is 1. The van der Waals surface area contributed by atoms with Gasteiger partial charge < -0.3 is 25.5 Å². The highest BCUT2D eigenvalue weighted by atomic mass is 19.1. The van der Waals surface area contributed by atoms with Crippen LogP contribution in [0.4, 0.5) is 9.18 Å². The van der Waals surface area contributed by atoms with Crippen molar-refractivity contribution >= 4 is 22.9 Å². The van der Waals surface area contributed by atoms with E-state index in [1.54, 1.807) is 6.92 Å².